The first-order valence-electron chi connectivity index (χ1n) is 6.26. The maximum atomic E-state index is 10.8. The maximum absolute atomic E-state index is 10.8. The van der Waals surface area contributed by atoms with Gasteiger partial charge in [0.25, 0.3) is 0 Å². The monoisotopic (exact) mass is 258 g/mol. The van der Waals surface area contributed by atoms with Crippen LogP contribution in [0.25, 0.3) is 0 Å². The Labute approximate surface area is 112 Å². The van der Waals surface area contributed by atoms with Crippen LogP contribution in [0.4, 0.5) is 0 Å². The van der Waals surface area contributed by atoms with Gasteiger partial charge in [-0.25, -0.2) is 4.79 Å². The Morgan fingerprint density at radius 1 is 1.32 bits per heavy atom. The van der Waals surface area contributed by atoms with Crippen molar-refractivity contribution in [1.29, 1.82) is 0 Å². The smallest absolute Gasteiger partial charge is 0.335 e. The minimum absolute atomic E-state index is 0.285. The lowest BCUT2D eigenvalue weighted by Gasteiger charge is -2.15. The van der Waals surface area contributed by atoms with Crippen LogP contribution in [0.5, 0.6) is 0 Å². The Balaban J connectivity index is 2.17. The van der Waals surface area contributed by atoms with Crippen molar-refractivity contribution in [2.45, 2.75) is 19.5 Å². The molecule has 2 rings (SSSR count). The molecule has 4 nitrogen and oxygen atoms in total. The first-order chi connectivity index (χ1) is 9.11. The number of aromatic carboxylic acids is 1. The molecule has 2 aromatic rings. The summed E-state index contributed by atoms with van der Waals surface area (Å²) in [6.07, 6.45) is 2.04. The van der Waals surface area contributed by atoms with Crippen LogP contribution in [0.3, 0.4) is 0 Å². The SMILES string of the molecule is CNC(C)c1cccn1Cc1ccc(C(=O)O)cc1. The van der Waals surface area contributed by atoms with Gasteiger partial charge in [-0.2, -0.15) is 0 Å². The van der Waals surface area contributed by atoms with Crippen molar-refractivity contribution in [2.75, 3.05) is 7.05 Å². The minimum Gasteiger partial charge on any atom is -0.478 e. The Morgan fingerprint density at radius 2 is 2.00 bits per heavy atom. The van der Waals surface area contributed by atoms with Crippen molar-refractivity contribution in [3.63, 3.8) is 0 Å². The summed E-state index contributed by atoms with van der Waals surface area (Å²) in [7, 11) is 1.93. The fourth-order valence-electron chi connectivity index (χ4n) is 2.06. The molecule has 0 aliphatic rings. The molecule has 0 fully saturated rings. The Bertz CT molecular complexity index is 558. The lowest BCUT2D eigenvalue weighted by molar-refractivity contribution is 0.0697. The molecule has 19 heavy (non-hydrogen) atoms. The number of hydrogen-bond acceptors (Lipinski definition) is 2. The highest BCUT2D eigenvalue weighted by molar-refractivity contribution is 5.87. The summed E-state index contributed by atoms with van der Waals surface area (Å²) in [5.41, 5.74) is 2.62. The van der Waals surface area contributed by atoms with Gasteiger partial charge in [-0.05, 0) is 43.8 Å². The molecule has 2 N–H and O–H groups in total. The normalized spacial score (nSPS) is 12.3. The first-order valence-corrected chi connectivity index (χ1v) is 6.26. The average molecular weight is 258 g/mol. The van der Waals surface area contributed by atoms with Crippen LogP contribution in [-0.4, -0.2) is 22.7 Å². The predicted molar refractivity (Wildman–Crippen MR) is 74.4 cm³/mol. The van der Waals surface area contributed by atoms with E-state index in [1.807, 2.05) is 31.4 Å². The second-order valence-corrected chi connectivity index (χ2v) is 4.57. The number of hydrogen-bond donors (Lipinski definition) is 2. The molecule has 0 aliphatic carbocycles. The van der Waals surface area contributed by atoms with Gasteiger partial charge in [0.1, 0.15) is 0 Å². The largest absolute Gasteiger partial charge is 0.478 e. The lowest BCUT2D eigenvalue weighted by atomic mass is 10.1. The van der Waals surface area contributed by atoms with E-state index in [0.717, 1.165) is 12.1 Å². The van der Waals surface area contributed by atoms with Crippen LogP contribution in [-0.2, 0) is 6.54 Å². The van der Waals surface area contributed by atoms with E-state index in [0.29, 0.717) is 5.56 Å². The van der Waals surface area contributed by atoms with Gasteiger partial charge in [0.2, 0.25) is 0 Å². The highest BCUT2D eigenvalue weighted by atomic mass is 16.4. The van der Waals surface area contributed by atoms with Crippen molar-refractivity contribution < 1.29 is 9.90 Å². The quantitative estimate of drug-likeness (QED) is 0.866. The lowest BCUT2D eigenvalue weighted by Crippen LogP contribution is -2.16. The highest BCUT2D eigenvalue weighted by Crippen LogP contribution is 2.15. The second-order valence-electron chi connectivity index (χ2n) is 4.57. The second kappa shape index (κ2) is 5.71. The minimum atomic E-state index is -0.892. The van der Waals surface area contributed by atoms with E-state index in [-0.39, 0.29) is 6.04 Å². The summed E-state index contributed by atoms with van der Waals surface area (Å²) in [6.45, 7) is 2.85. The van der Waals surface area contributed by atoms with Crippen LogP contribution in [0.15, 0.2) is 42.6 Å². The molecule has 1 heterocycles. The number of nitrogens with zero attached hydrogens (tertiary/aromatic N) is 1. The van der Waals surface area contributed by atoms with E-state index in [2.05, 4.69) is 22.9 Å². The van der Waals surface area contributed by atoms with E-state index in [1.54, 1.807) is 12.1 Å². The fourth-order valence-corrected chi connectivity index (χ4v) is 2.06. The third-order valence-electron chi connectivity index (χ3n) is 3.30. The summed E-state index contributed by atoms with van der Waals surface area (Å²) in [6, 6.07) is 11.4. The molecular formula is C15H18N2O2. The van der Waals surface area contributed by atoms with Crippen LogP contribution >= 0.6 is 0 Å². The van der Waals surface area contributed by atoms with E-state index >= 15 is 0 Å². The molecular weight excluding hydrogens is 240 g/mol. The molecule has 0 aliphatic heterocycles. The van der Waals surface area contributed by atoms with Crippen molar-refractivity contribution in [3.05, 3.63) is 59.4 Å². The summed E-state index contributed by atoms with van der Waals surface area (Å²) in [5, 5.41) is 12.1. The third-order valence-corrected chi connectivity index (χ3v) is 3.30. The molecule has 0 spiro atoms. The summed E-state index contributed by atoms with van der Waals surface area (Å²) >= 11 is 0. The van der Waals surface area contributed by atoms with Gasteiger partial charge in [-0.15, -0.1) is 0 Å². The van der Waals surface area contributed by atoms with Crippen LogP contribution in [0.2, 0.25) is 0 Å². The number of carboxylic acid groups (broad SMARTS) is 1. The number of benzene rings is 1. The van der Waals surface area contributed by atoms with Crippen LogP contribution in [0.1, 0.15) is 34.6 Å². The Kier molecular flexibility index (Phi) is 4.02. The topological polar surface area (TPSA) is 54.3 Å². The molecule has 0 amide bonds. The molecule has 1 atom stereocenters. The fraction of sp³-hybridized carbons (Fsp3) is 0.267. The molecule has 100 valence electrons. The maximum Gasteiger partial charge on any atom is 0.335 e. The number of aromatic nitrogens is 1. The van der Waals surface area contributed by atoms with Crippen molar-refractivity contribution in [1.82, 2.24) is 9.88 Å². The molecule has 1 aromatic carbocycles. The molecule has 1 unspecified atom stereocenters. The molecule has 1 aromatic heterocycles. The van der Waals surface area contributed by atoms with E-state index in [4.69, 9.17) is 5.11 Å². The first kappa shape index (κ1) is 13.4. The van der Waals surface area contributed by atoms with Gasteiger partial charge in [0, 0.05) is 24.5 Å². The molecule has 0 saturated heterocycles. The summed E-state index contributed by atoms with van der Waals surface area (Å²) < 4.78 is 2.16. The van der Waals surface area contributed by atoms with Gasteiger partial charge in [-0.3, -0.25) is 0 Å². The number of rotatable bonds is 5. The zero-order valence-corrected chi connectivity index (χ0v) is 11.1. The van der Waals surface area contributed by atoms with Gasteiger partial charge < -0.3 is 15.0 Å². The van der Waals surface area contributed by atoms with E-state index in [9.17, 15) is 4.79 Å². The predicted octanol–water partition coefficient (Wildman–Crippen LogP) is 2.51. The zero-order chi connectivity index (χ0) is 13.8. The number of nitrogens with one attached hydrogen (secondary N) is 1. The standard InChI is InChI=1S/C15H18N2O2/c1-11(16-2)14-4-3-9-17(14)10-12-5-7-13(8-6-12)15(18)19/h3-9,11,16H,10H2,1-2H3,(H,18,19). The van der Waals surface area contributed by atoms with Crippen LogP contribution in [0, 0.1) is 0 Å². The third kappa shape index (κ3) is 3.03. The van der Waals surface area contributed by atoms with E-state index < -0.39 is 5.97 Å². The number of carboxylic acids is 1. The van der Waals surface area contributed by atoms with Crippen molar-refractivity contribution in [3.8, 4) is 0 Å². The van der Waals surface area contributed by atoms with E-state index in [1.165, 1.54) is 5.69 Å². The average Bonchev–Trinajstić information content (AvgIpc) is 2.86. The summed E-state index contributed by atoms with van der Waals surface area (Å²) in [5.74, 6) is -0.892. The summed E-state index contributed by atoms with van der Waals surface area (Å²) in [4.78, 5) is 10.8. The van der Waals surface area contributed by atoms with Crippen molar-refractivity contribution >= 4 is 5.97 Å². The Morgan fingerprint density at radius 3 is 2.58 bits per heavy atom. The molecule has 0 bridgehead atoms. The van der Waals surface area contributed by atoms with Gasteiger partial charge in [-0.1, -0.05) is 12.1 Å². The molecule has 0 radical (unpaired) electrons. The van der Waals surface area contributed by atoms with Crippen LogP contribution < -0.4 is 5.32 Å². The van der Waals surface area contributed by atoms with Gasteiger partial charge in [0.05, 0.1) is 5.56 Å². The van der Waals surface area contributed by atoms with Crippen molar-refractivity contribution in [2.24, 2.45) is 0 Å². The molecule has 0 saturated carbocycles. The number of carbonyl (C=O) groups is 1. The van der Waals surface area contributed by atoms with Gasteiger partial charge in [0.15, 0.2) is 0 Å². The molecule has 4 heteroatoms. The highest BCUT2D eigenvalue weighted by Gasteiger charge is 2.08. The Hall–Kier alpha value is -2.07. The van der Waals surface area contributed by atoms with Gasteiger partial charge >= 0.3 is 5.97 Å². The zero-order valence-electron chi connectivity index (χ0n) is 11.1.